The molecule has 0 saturated heterocycles. The minimum Gasteiger partial charge on any atom is -0.306 e. The fourth-order valence-electron chi connectivity index (χ4n) is 7.80. The van der Waals surface area contributed by atoms with Crippen LogP contribution in [-0.4, -0.2) is 9.55 Å². The standard InChI is InChI=1S/C46H28N4/c47-29-30-22-24-31(25-23-30)43-35-16-7-9-18-37(35)44(38-19-10-8-17-36(38)43)33-26-27-40-42(28-33)49(34-14-5-2-6-15-34)41-21-11-20-39-45(41)50(40)46(48-39)32-12-3-1-4-13-32/h1-28H. The van der Waals surface area contributed by atoms with E-state index in [9.17, 15) is 5.26 Å². The van der Waals surface area contributed by atoms with Crippen molar-refractivity contribution in [2.45, 2.75) is 0 Å². The van der Waals surface area contributed by atoms with E-state index in [1.165, 1.54) is 32.7 Å². The normalized spacial score (nSPS) is 11.9. The third-order valence-corrected chi connectivity index (χ3v) is 9.92. The molecule has 10 rings (SSSR count). The van der Waals surface area contributed by atoms with Crippen LogP contribution in [0.25, 0.3) is 71.9 Å². The molecule has 0 unspecified atom stereocenters. The smallest absolute Gasteiger partial charge is 0.145 e. The molecular weight excluding hydrogens is 609 g/mol. The molecule has 0 saturated carbocycles. The van der Waals surface area contributed by atoms with Crippen LogP contribution in [-0.2, 0) is 0 Å². The second-order valence-electron chi connectivity index (χ2n) is 12.7. The van der Waals surface area contributed by atoms with E-state index in [0.717, 1.165) is 56.3 Å². The van der Waals surface area contributed by atoms with E-state index >= 15 is 0 Å². The Labute approximate surface area is 289 Å². The molecule has 0 aliphatic carbocycles. The molecule has 50 heavy (non-hydrogen) atoms. The van der Waals surface area contributed by atoms with Crippen molar-refractivity contribution in [3.63, 3.8) is 0 Å². The molecule has 1 aliphatic heterocycles. The van der Waals surface area contributed by atoms with Crippen LogP contribution in [0.5, 0.6) is 0 Å². The number of hydrogen-bond donors (Lipinski definition) is 0. The number of rotatable bonds is 4. The molecule has 8 aromatic carbocycles. The minimum absolute atomic E-state index is 0.656. The molecule has 0 amide bonds. The topological polar surface area (TPSA) is 44.9 Å². The number of aromatic nitrogens is 2. The van der Waals surface area contributed by atoms with Gasteiger partial charge in [-0.05, 0) is 92.3 Å². The summed E-state index contributed by atoms with van der Waals surface area (Å²) < 4.78 is 2.34. The van der Waals surface area contributed by atoms with Crippen molar-refractivity contribution in [3.8, 4) is 45.4 Å². The lowest BCUT2D eigenvalue weighted by atomic mass is 9.85. The van der Waals surface area contributed by atoms with Gasteiger partial charge in [0.25, 0.3) is 0 Å². The van der Waals surface area contributed by atoms with Gasteiger partial charge in [-0.2, -0.15) is 5.26 Å². The van der Waals surface area contributed by atoms with Crippen molar-refractivity contribution in [1.29, 1.82) is 5.26 Å². The van der Waals surface area contributed by atoms with Crippen LogP contribution in [0.3, 0.4) is 0 Å². The van der Waals surface area contributed by atoms with E-state index in [-0.39, 0.29) is 0 Å². The van der Waals surface area contributed by atoms with Gasteiger partial charge < -0.3 is 4.90 Å². The van der Waals surface area contributed by atoms with E-state index in [4.69, 9.17) is 4.98 Å². The SMILES string of the molecule is N#Cc1ccc(-c2c3ccccc3c(-c3ccc4c(c3)N(c3ccccc3)c3cccc5nc(-c6ccccc6)n-4c35)c3ccccc23)cc1. The van der Waals surface area contributed by atoms with Crippen LogP contribution in [0.1, 0.15) is 5.56 Å². The summed E-state index contributed by atoms with van der Waals surface area (Å²) in [5, 5.41) is 14.2. The zero-order valence-electron chi connectivity index (χ0n) is 27.0. The lowest BCUT2D eigenvalue weighted by molar-refractivity contribution is 1.06. The predicted octanol–water partition coefficient (Wildman–Crippen LogP) is 12.0. The Morgan fingerprint density at radius 1 is 0.460 bits per heavy atom. The molecule has 2 heterocycles. The van der Waals surface area contributed by atoms with Gasteiger partial charge in [0.1, 0.15) is 5.82 Å². The maximum absolute atomic E-state index is 9.48. The molecule has 0 fully saturated rings. The first-order chi connectivity index (χ1) is 24.8. The molecule has 0 radical (unpaired) electrons. The maximum atomic E-state index is 9.48. The monoisotopic (exact) mass is 636 g/mol. The lowest BCUT2D eigenvalue weighted by Gasteiger charge is -2.33. The summed E-state index contributed by atoms with van der Waals surface area (Å²) >= 11 is 0. The molecule has 1 aliphatic rings. The molecule has 0 N–H and O–H groups in total. The molecule has 0 atom stereocenters. The molecule has 0 bridgehead atoms. The minimum atomic E-state index is 0.656. The Morgan fingerprint density at radius 3 is 1.68 bits per heavy atom. The summed E-state index contributed by atoms with van der Waals surface area (Å²) in [5.74, 6) is 0.928. The van der Waals surface area contributed by atoms with E-state index in [0.29, 0.717) is 5.56 Å². The van der Waals surface area contributed by atoms with Crippen molar-refractivity contribution in [1.82, 2.24) is 9.55 Å². The Kier molecular flexibility index (Phi) is 6.21. The quantitative estimate of drug-likeness (QED) is 0.181. The van der Waals surface area contributed by atoms with Crippen LogP contribution in [0.15, 0.2) is 170 Å². The van der Waals surface area contributed by atoms with Gasteiger partial charge in [-0.3, -0.25) is 4.57 Å². The molecule has 9 aromatic rings. The number of nitrogens with zero attached hydrogens (tertiary/aromatic N) is 4. The van der Waals surface area contributed by atoms with Crippen LogP contribution >= 0.6 is 0 Å². The first-order valence-electron chi connectivity index (χ1n) is 16.8. The molecule has 4 heteroatoms. The Balaban J connectivity index is 1.28. The number of benzene rings is 8. The highest BCUT2D eigenvalue weighted by Crippen LogP contribution is 2.51. The van der Waals surface area contributed by atoms with Gasteiger partial charge in [0.05, 0.1) is 39.7 Å². The fraction of sp³-hybridized carbons (Fsp3) is 0. The third kappa shape index (κ3) is 4.14. The number of hydrogen-bond acceptors (Lipinski definition) is 3. The van der Waals surface area contributed by atoms with Crippen LogP contribution < -0.4 is 4.90 Å². The largest absolute Gasteiger partial charge is 0.306 e. The summed E-state index contributed by atoms with van der Waals surface area (Å²) in [4.78, 5) is 7.59. The van der Waals surface area contributed by atoms with Crippen molar-refractivity contribution in [3.05, 3.63) is 175 Å². The first kappa shape index (κ1) is 28.1. The maximum Gasteiger partial charge on any atom is 0.145 e. The number of nitriles is 1. The number of imidazole rings is 1. The zero-order chi connectivity index (χ0) is 33.2. The van der Waals surface area contributed by atoms with Gasteiger partial charge in [0, 0.05) is 11.3 Å². The van der Waals surface area contributed by atoms with E-state index in [1.54, 1.807) is 0 Å². The van der Waals surface area contributed by atoms with Gasteiger partial charge in [-0.15, -0.1) is 0 Å². The summed E-state index contributed by atoms with van der Waals surface area (Å²) in [6.07, 6.45) is 0. The predicted molar refractivity (Wildman–Crippen MR) is 205 cm³/mol. The van der Waals surface area contributed by atoms with Gasteiger partial charge in [-0.25, -0.2) is 4.98 Å². The molecule has 4 nitrogen and oxygen atoms in total. The molecular formula is C46H28N4. The van der Waals surface area contributed by atoms with E-state index in [1.807, 2.05) is 18.2 Å². The van der Waals surface area contributed by atoms with Crippen molar-refractivity contribution in [2.24, 2.45) is 0 Å². The fourth-order valence-corrected chi connectivity index (χ4v) is 7.80. The van der Waals surface area contributed by atoms with Gasteiger partial charge in [-0.1, -0.05) is 121 Å². The van der Waals surface area contributed by atoms with Gasteiger partial charge in [0.15, 0.2) is 0 Å². The summed E-state index contributed by atoms with van der Waals surface area (Å²) in [6, 6.07) is 62.0. The number of fused-ring (bicyclic) bond motifs is 4. The Morgan fingerprint density at radius 2 is 1.04 bits per heavy atom. The Hall–Kier alpha value is -6.96. The van der Waals surface area contributed by atoms with Crippen LogP contribution in [0, 0.1) is 11.3 Å². The summed E-state index contributed by atoms with van der Waals surface area (Å²) in [7, 11) is 0. The molecule has 0 spiro atoms. The molecule has 1 aromatic heterocycles. The van der Waals surface area contributed by atoms with Gasteiger partial charge in [0.2, 0.25) is 0 Å². The average molecular weight is 637 g/mol. The second-order valence-corrected chi connectivity index (χ2v) is 12.7. The van der Waals surface area contributed by atoms with E-state index < -0.39 is 0 Å². The second kappa shape index (κ2) is 11.1. The van der Waals surface area contributed by atoms with Crippen LogP contribution in [0.2, 0.25) is 0 Å². The summed E-state index contributed by atoms with van der Waals surface area (Å²) in [5.41, 5.74) is 12.8. The molecule has 232 valence electrons. The van der Waals surface area contributed by atoms with E-state index in [2.05, 4.69) is 167 Å². The Bertz CT molecular complexity index is 2750. The van der Waals surface area contributed by atoms with Crippen molar-refractivity contribution in [2.75, 3.05) is 4.90 Å². The zero-order valence-corrected chi connectivity index (χ0v) is 27.0. The highest BCUT2D eigenvalue weighted by Gasteiger charge is 2.30. The highest BCUT2D eigenvalue weighted by molar-refractivity contribution is 6.21. The highest BCUT2D eigenvalue weighted by atomic mass is 15.2. The number of para-hydroxylation sites is 2. The number of anilines is 3. The van der Waals surface area contributed by atoms with Gasteiger partial charge >= 0.3 is 0 Å². The van der Waals surface area contributed by atoms with Crippen molar-refractivity contribution >= 4 is 49.6 Å². The lowest BCUT2D eigenvalue weighted by Crippen LogP contribution is -2.18. The summed E-state index contributed by atoms with van der Waals surface area (Å²) in [6.45, 7) is 0. The third-order valence-electron chi connectivity index (χ3n) is 9.92. The average Bonchev–Trinajstić information content (AvgIpc) is 3.58. The van der Waals surface area contributed by atoms with Crippen molar-refractivity contribution < 1.29 is 0 Å². The van der Waals surface area contributed by atoms with Crippen LogP contribution in [0.4, 0.5) is 17.1 Å². The first-order valence-corrected chi connectivity index (χ1v) is 16.8.